The highest BCUT2D eigenvalue weighted by Crippen LogP contribution is 2.19. The van der Waals surface area contributed by atoms with E-state index < -0.39 is 5.97 Å². The van der Waals surface area contributed by atoms with Gasteiger partial charge >= 0.3 is 5.97 Å². The van der Waals surface area contributed by atoms with Crippen molar-refractivity contribution < 1.29 is 14.3 Å². The molecular formula is C17H15NO3. The number of hydrogen-bond donors (Lipinski definition) is 1. The van der Waals surface area contributed by atoms with Gasteiger partial charge < -0.3 is 9.52 Å². The molecule has 0 fully saturated rings. The Labute approximate surface area is 122 Å². The van der Waals surface area contributed by atoms with Crippen LogP contribution in [0.1, 0.15) is 27.4 Å². The van der Waals surface area contributed by atoms with Crippen LogP contribution in [0.2, 0.25) is 0 Å². The van der Waals surface area contributed by atoms with E-state index in [2.05, 4.69) is 24.0 Å². The van der Waals surface area contributed by atoms with Gasteiger partial charge in [0.25, 0.3) is 0 Å². The summed E-state index contributed by atoms with van der Waals surface area (Å²) in [5.74, 6) is -0.322. The summed E-state index contributed by atoms with van der Waals surface area (Å²) in [5.41, 5.74) is 3.96. The van der Waals surface area contributed by atoms with Crippen LogP contribution in [0.5, 0.6) is 0 Å². The van der Waals surface area contributed by atoms with Gasteiger partial charge in [-0.2, -0.15) is 0 Å². The SMILES string of the molecule is Cc1ccccc1CCc1nc2cc(C(=O)O)ccc2o1. The molecule has 0 amide bonds. The minimum absolute atomic E-state index is 0.223. The van der Waals surface area contributed by atoms with Gasteiger partial charge in [-0.15, -0.1) is 0 Å². The number of carboxylic acids is 1. The van der Waals surface area contributed by atoms with E-state index in [1.54, 1.807) is 12.1 Å². The molecule has 0 bridgehead atoms. The summed E-state index contributed by atoms with van der Waals surface area (Å²) in [7, 11) is 0. The van der Waals surface area contributed by atoms with Crippen molar-refractivity contribution >= 4 is 17.1 Å². The zero-order valence-electron chi connectivity index (χ0n) is 11.7. The highest BCUT2D eigenvalue weighted by atomic mass is 16.4. The van der Waals surface area contributed by atoms with Gasteiger partial charge in [0, 0.05) is 6.42 Å². The smallest absolute Gasteiger partial charge is 0.335 e. The first-order valence-corrected chi connectivity index (χ1v) is 6.81. The lowest BCUT2D eigenvalue weighted by Gasteiger charge is -2.02. The van der Waals surface area contributed by atoms with Gasteiger partial charge in [0.05, 0.1) is 5.56 Å². The van der Waals surface area contributed by atoms with Gasteiger partial charge in [-0.25, -0.2) is 9.78 Å². The quantitative estimate of drug-likeness (QED) is 0.793. The molecule has 0 aliphatic carbocycles. The van der Waals surface area contributed by atoms with Gasteiger partial charge in [-0.3, -0.25) is 0 Å². The topological polar surface area (TPSA) is 63.3 Å². The number of aromatic nitrogens is 1. The predicted molar refractivity (Wildman–Crippen MR) is 79.6 cm³/mol. The third-order valence-electron chi connectivity index (χ3n) is 3.55. The highest BCUT2D eigenvalue weighted by molar-refractivity contribution is 5.91. The molecule has 0 aliphatic heterocycles. The second kappa shape index (κ2) is 5.40. The molecule has 2 aromatic carbocycles. The first-order chi connectivity index (χ1) is 10.1. The molecule has 0 unspecified atom stereocenters. The van der Waals surface area contributed by atoms with E-state index in [0.717, 1.165) is 6.42 Å². The fraction of sp³-hybridized carbons (Fsp3) is 0.176. The summed E-state index contributed by atoms with van der Waals surface area (Å²) in [6.45, 7) is 2.08. The van der Waals surface area contributed by atoms with E-state index in [-0.39, 0.29) is 5.56 Å². The maximum absolute atomic E-state index is 10.9. The Kier molecular flexibility index (Phi) is 3.44. The fourth-order valence-electron chi connectivity index (χ4n) is 2.35. The highest BCUT2D eigenvalue weighted by Gasteiger charge is 2.10. The van der Waals surface area contributed by atoms with Crippen molar-refractivity contribution in [2.45, 2.75) is 19.8 Å². The summed E-state index contributed by atoms with van der Waals surface area (Å²) in [6.07, 6.45) is 1.55. The number of oxazole rings is 1. The lowest BCUT2D eigenvalue weighted by atomic mass is 10.0. The number of carbonyl (C=O) groups is 1. The number of fused-ring (bicyclic) bond motifs is 1. The minimum Gasteiger partial charge on any atom is -0.478 e. The molecule has 0 spiro atoms. The molecule has 0 saturated heterocycles. The largest absolute Gasteiger partial charge is 0.478 e. The predicted octanol–water partition coefficient (Wildman–Crippen LogP) is 3.62. The Bertz CT molecular complexity index is 805. The Morgan fingerprint density at radius 1 is 1.19 bits per heavy atom. The van der Waals surface area contributed by atoms with Crippen molar-refractivity contribution in [2.75, 3.05) is 0 Å². The first-order valence-electron chi connectivity index (χ1n) is 6.81. The average molecular weight is 281 g/mol. The molecule has 0 radical (unpaired) electrons. The number of hydrogen-bond acceptors (Lipinski definition) is 3. The molecule has 21 heavy (non-hydrogen) atoms. The molecule has 0 aliphatic rings. The standard InChI is InChI=1S/C17H15NO3/c1-11-4-2-3-5-12(11)7-9-16-18-14-10-13(17(19)20)6-8-15(14)21-16/h2-6,8,10H,7,9H2,1H3,(H,19,20). The van der Waals surface area contributed by atoms with E-state index in [1.165, 1.54) is 17.2 Å². The second-order valence-electron chi connectivity index (χ2n) is 5.02. The van der Waals surface area contributed by atoms with Crippen LogP contribution in [0.25, 0.3) is 11.1 Å². The molecule has 106 valence electrons. The van der Waals surface area contributed by atoms with Crippen LogP contribution in [-0.2, 0) is 12.8 Å². The van der Waals surface area contributed by atoms with Crippen molar-refractivity contribution in [3.63, 3.8) is 0 Å². The van der Waals surface area contributed by atoms with Crippen molar-refractivity contribution in [1.82, 2.24) is 4.98 Å². The fourth-order valence-corrected chi connectivity index (χ4v) is 2.35. The molecule has 1 N–H and O–H groups in total. The Balaban J connectivity index is 1.82. The maximum atomic E-state index is 10.9. The zero-order valence-corrected chi connectivity index (χ0v) is 11.7. The van der Waals surface area contributed by atoms with Crippen LogP contribution in [0.4, 0.5) is 0 Å². The zero-order chi connectivity index (χ0) is 14.8. The third kappa shape index (κ3) is 2.79. The summed E-state index contributed by atoms with van der Waals surface area (Å²) in [4.78, 5) is 15.3. The Hall–Kier alpha value is -2.62. The molecule has 1 aromatic heterocycles. The van der Waals surface area contributed by atoms with Crippen molar-refractivity contribution in [2.24, 2.45) is 0 Å². The second-order valence-corrected chi connectivity index (χ2v) is 5.02. The Morgan fingerprint density at radius 3 is 2.76 bits per heavy atom. The van der Waals surface area contributed by atoms with E-state index >= 15 is 0 Å². The van der Waals surface area contributed by atoms with Crippen LogP contribution in [0.3, 0.4) is 0 Å². The van der Waals surface area contributed by atoms with Gasteiger partial charge in [-0.1, -0.05) is 24.3 Å². The number of rotatable bonds is 4. The van der Waals surface area contributed by atoms with Crippen molar-refractivity contribution in [3.05, 3.63) is 65.0 Å². The molecule has 3 rings (SSSR count). The molecular weight excluding hydrogens is 266 g/mol. The van der Waals surface area contributed by atoms with Gasteiger partial charge in [0.1, 0.15) is 5.52 Å². The van der Waals surface area contributed by atoms with E-state index in [4.69, 9.17) is 9.52 Å². The molecule has 0 atom stereocenters. The van der Waals surface area contributed by atoms with Crippen LogP contribution >= 0.6 is 0 Å². The Morgan fingerprint density at radius 2 is 2.00 bits per heavy atom. The third-order valence-corrected chi connectivity index (χ3v) is 3.55. The lowest BCUT2D eigenvalue weighted by Crippen LogP contribution is -1.95. The lowest BCUT2D eigenvalue weighted by molar-refractivity contribution is 0.0697. The molecule has 0 saturated carbocycles. The molecule has 4 nitrogen and oxygen atoms in total. The minimum atomic E-state index is -0.957. The van der Waals surface area contributed by atoms with Crippen LogP contribution in [-0.4, -0.2) is 16.1 Å². The van der Waals surface area contributed by atoms with Crippen LogP contribution in [0, 0.1) is 6.92 Å². The number of benzene rings is 2. The summed E-state index contributed by atoms with van der Waals surface area (Å²) in [5, 5.41) is 8.98. The monoisotopic (exact) mass is 281 g/mol. The van der Waals surface area contributed by atoms with Gasteiger partial charge in [-0.05, 0) is 42.7 Å². The van der Waals surface area contributed by atoms with Crippen molar-refractivity contribution in [3.8, 4) is 0 Å². The van der Waals surface area contributed by atoms with Crippen LogP contribution < -0.4 is 0 Å². The summed E-state index contributed by atoms with van der Waals surface area (Å²) in [6, 6.07) is 12.9. The molecule has 1 heterocycles. The van der Waals surface area contributed by atoms with E-state index in [1.807, 2.05) is 12.1 Å². The number of carboxylic acid groups (broad SMARTS) is 1. The normalized spacial score (nSPS) is 10.9. The van der Waals surface area contributed by atoms with E-state index in [9.17, 15) is 4.79 Å². The van der Waals surface area contributed by atoms with Gasteiger partial charge in [0.2, 0.25) is 0 Å². The van der Waals surface area contributed by atoms with Crippen LogP contribution in [0.15, 0.2) is 46.9 Å². The number of aryl methyl sites for hydroxylation is 3. The van der Waals surface area contributed by atoms with Crippen molar-refractivity contribution in [1.29, 1.82) is 0 Å². The van der Waals surface area contributed by atoms with Gasteiger partial charge in [0.15, 0.2) is 11.5 Å². The summed E-state index contributed by atoms with van der Waals surface area (Å²) >= 11 is 0. The molecule has 4 heteroatoms. The number of aromatic carboxylic acids is 1. The van der Waals surface area contributed by atoms with E-state index in [0.29, 0.717) is 23.4 Å². The number of nitrogens with zero attached hydrogens (tertiary/aromatic N) is 1. The summed E-state index contributed by atoms with van der Waals surface area (Å²) < 4.78 is 5.66. The average Bonchev–Trinajstić information content (AvgIpc) is 2.88. The molecule has 3 aromatic rings. The maximum Gasteiger partial charge on any atom is 0.335 e. The first kappa shape index (κ1) is 13.4.